The van der Waals surface area contributed by atoms with E-state index < -0.39 is 0 Å². The van der Waals surface area contributed by atoms with Crippen molar-refractivity contribution in [3.05, 3.63) is 58.1 Å². The van der Waals surface area contributed by atoms with Gasteiger partial charge in [0.15, 0.2) is 6.61 Å². The quantitative estimate of drug-likeness (QED) is 0.615. The van der Waals surface area contributed by atoms with Crippen molar-refractivity contribution in [3.8, 4) is 5.75 Å². The third-order valence-electron chi connectivity index (χ3n) is 4.06. The lowest BCUT2D eigenvalue weighted by atomic mass is 10.2. The molecule has 8 heteroatoms. The number of halogens is 1. The zero-order valence-corrected chi connectivity index (χ0v) is 18.6. The molecule has 1 heterocycles. The highest BCUT2D eigenvalue weighted by molar-refractivity contribution is 9.10. The van der Waals surface area contributed by atoms with Crippen molar-refractivity contribution in [3.63, 3.8) is 0 Å². The average Bonchev–Trinajstić information content (AvgIpc) is 3.22. The Hall–Kier alpha value is -1.64. The number of ether oxygens (including phenoxy) is 1. The van der Waals surface area contributed by atoms with E-state index in [0.717, 1.165) is 38.5 Å². The summed E-state index contributed by atoms with van der Waals surface area (Å²) in [6.45, 7) is 1.68. The first-order valence-electron chi connectivity index (χ1n) is 8.80. The lowest BCUT2D eigenvalue weighted by molar-refractivity contribution is -0.125. The molecule has 1 saturated heterocycles. The Kier molecular flexibility index (Phi) is 7.70. The van der Waals surface area contributed by atoms with Crippen LogP contribution in [0.1, 0.15) is 15.7 Å². The first-order chi connectivity index (χ1) is 13.5. The fourth-order valence-corrected chi connectivity index (χ4v) is 6.06. The van der Waals surface area contributed by atoms with E-state index in [1.807, 2.05) is 72.9 Å². The van der Waals surface area contributed by atoms with E-state index >= 15 is 0 Å². The first kappa shape index (κ1) is 21.1. The molecule has 0 bridgehead atoms. The van der Waals surface area contributed by atoms with E-state index in [1.54, 1.807) is 0 Å². The third-order valence-corrected chi connectivity index (χ3v) is 7.62. The number of amides is 2. The molecule has 0 aromatic heterocycles. The maximum atomic E-state index is 12.1. The van der Waals surface area contributed by atoms with E-state index in [1.165, 1.54) is 0 Å². The number of nitrogens with one attached hydrogen (secondary N) is 2. The number of hydrogen-bond donors (Lipinski definition) is 2. The lowest BCUT2D eigenvalue weighted by Gasteiger charge is -2.15. The number of hydrogen-bond acceptors (Lipinski definition) is 5. The van der Waals surface area contributed by atoms with Crippen LogP contribution in [0.2, 0.25) is 0 Å². The van der Waals surface area contributed by atoms with Gasteiger partial charge in [0.1, 0.15) is 5.75 Å². The lowest BCUT2D eigenvalue weighted by Crippen LogP contribution is -2.36. The van der Waals surface area contributed by atoms with E-state index in [-0.39, 0.29) is 25.0 Å². The van der Waals surface area contributed by atoms with Crippen molar-refractivity contribution >= 4 is 57.0 Å². The van der Waals surface area contributed by atoms with Crippen molar-refractivity contribution in [1.29, 1.82) is 0 Å². The minimum Gasteiger partial charge on any atom is -0.483 e. The summed E-state index contributed by atoms with van der Waals surface area (Å²) in [6.07, 6.45) is 0. The Morgan fingerprint density at radius 3 is 2.64 bits per heavy atom. The van der Waals surface area contributed by atoms with Gasteiger partial charge in [-0.3, -0.25) is 9.59 Å². The zero-order chi connectivity index (χ0) is 19.9. The maximum Gasteiger partial charge on any atom is 0.258 e. The standard InChI is InChI=1S/C20H21BrN2O3S2/c1-13-10-14(21)6-7-16(13)23-18(24)11-22-19(25)12-26-17-5-3-2-4-15(17)20-27-8-9-28-20/h2-7,10,20H,8-9,11-12H2,1H3,(H,22,25)(H,23,24). The molecule has 0 spiro atoms. The van der Waals surface area contributed by atoms with E-state index in [4.69, 9.17) is 4.74 Å². The van der Waals surface area contributed by atoms with Gasteiger partial charge in [0.05, 0.1) is 11.1 Å². The average molecular weight is 481 g/mol. The number of rotatable bonds is 7. The smallest absolute Gasteiger partial charge is 0.258 e. The maximum absolute atomic E-state index is 12.1. The predicted molar refractivity (Wildman–Crippen MR) is 120 cm³/mol. The molecule has 2 aromatic rings. The van der Waals surface area contributed by atoms with Crippen LogP contribution < -0.4 is 15.4 Å². The summed E-state index contributed by atoms with van der Waals surface area (Å²) in [4.78, 5) is 24.2. The number of anilines is 1. The molecule has 148 valence electrons. The molecule has 2 aromatic carbocycles. The molecular weight excluding hydrogens is 460 g/mol. The predicted octanol–water partition coefficient (Wildman–Crippen LogP) is 4.37. The molecule has 1 fully saturated rings. The first-order valence-corrected chi connectivity index (χ1v) is 11.7. The number of thioether (sulfide) groups is 2. The molecule has 5 nitrogen and oxygen atoms in total. The largest absolute Gasteiger partial charge is 0.483 e. The van der Waals surface area contributed by atoms with Crippen LogP contribution >= 0.6 is 39.5 Å². The summed E-state index contributed by atoms with van der Waals surface area (Å²) in [6, 6.07) is 13.4. The second-order valence-electron chi connectivity index (χ2n) is 6.18. The van der Waals surface area contributed by atoms with Crippen LogP contribution in [0.3, 0.4) is 0 Å². The summed E-state index contributed by atoms with van der Waals surface area (Å²) < 4.78 is 7.01. The number of carbonyl (C=O) groups is 2. The van der Waals surface area contributed by atoms with Crippen molar-refractivity contribution in [2.24, 2.45) is 0 Å². The van der Waals surface area contributed by atoms with Gasteiger partial charge in [0.25, 0.3) is 5.91 Å². The highest BCUT2D eigenvalue weighted by Crippen LogP contribution is 2.48. The van der Waals surface area contributed by atoms with Crippen molar-refractivity contribution in [2.45, 2.75) is 11.5 Å². The van der Waals surface area contributed by atoms with Crippen molar-refractivity contribution < 1.29 is 14.3 Å². The summed E-state index contributed by atoms with van der Waals surface area (Å²) in [7, 11) is 0. The number of benzene rings is 2. The minimum absolute atomic E-state index is 0.103. The Bertz CT molecular complexity index is 857. The molecule has 0 atom stereocenters. The van der Waals surface area contributed by atoms with Gasteiger partial charge in [-0.05, 0) is 36.8 Å². The monoisotopic (exact) mass is 480 g/mol. The molecule has 2 amide bonds. The van der Waals surface area contributed by atoms with Crippen LogP contribution in [-0.4, -0.2) is 36.5 Å². The second-order valence-corrected chi connectivity index (χ2v) is 9.82. The minimum atomic E-state index is -0.329. The molecule has 1 aliphatic rings. The SMILES string of the molecule is Cc1cc(Br)ccc1NC(=O)CNC(=O)COc1ccccc1C1SCCS1. The van der Waals surface area contributed by atoms with E-state index in [9.17, 15) is 9.59 Å². The van der Waals surface area contributed by atoms with E-state index in [0.29, 0.717) is 4.58 Å². The topological polar surface area (TPSA) is 67.4 Å². The second kappa shape index (κ2) is 10.2. The van der Waals surface area contributed by atoms with Crippen LogP contribution in [0, 0.1) is 6.92 Å². The summed E-state index contributed by atoms with van der Waals surface area (Å²) in [5.74, 6) is 2.36. The molecule has 1 aliphatic heterocycles. The fourth-order valence-electron chi connectivity index (χ4n) is 2.68. The van der Waals surface area contributed by atoms with Crippen molar-refractivity contribution in [1.82, 2.24) is 5.32 Å². The van der Waals surface area contributed by atoms with Gasteiger partial charge in [-0.15, -0.1) is 23.5 Å². The Balaban J connectivity index is 1.46. The highest BCUT2D eigenvalue weighted by Gasteiger charge is 2.21. The van der Waals surface area contributed by atoms with Crippen LogP contribution in [-0.2, 0) is 9.59 Å². The van der Waals surface area contributed by atoms with Gasteiger partial charge < -0.3 is 15.4 Å². The van der Waals surface area contributed by atoms with Crippen LogP contribution in [0.4, 0.5) is 5.69 Å². The number of para-hydroxylation sites is 1. The number of aryl methyl sites for hydroxylation is 1. The zero-order valence-electron chi connectivity index (χ0n) is 15.4. The Labute approximate surface area is 181 Å². The molecule has 0 aliphatic carbocycles. The Morgan fingerprint density at radius 2 is 1.89 bits per heavy atom. The Morgan fingerprint density at radius 1 is 1.14 bits per heavy atom. The fraction of sp³-hybridized carbons (Fsp3) is 0.300. The van der Waals surface area contributed by atoms with Gasteiger partial charge in [0, 0.05) is 27.2 Å². The van der Waals surface area contributed by atoms with E-state index in [2.05, 4.69) is 26.6 Å². The molecule has 2 N–H and O–H groups in total. The van der Waals surface area contributed by atoms with Gasteiger partial charge in [-0.25, -0.2) is 0 Å². The van der Waals surface area contributed by atoms with Crippen LogP contribution in [0.5, 0.6) is 5.75 Å². The molecule has 0 radical (unpaired) electrons. The molecular formula is C20H21BrN2O3S2. The summed E-state index contributed by atoms with van der Waals surface area (Å²) >= 11 is 7.16. The van der Waals surface area contributed by atoms with Crippen molar-refractivity contribution in [2.75, 3.05) is 30.0 Å². The number of carbonyl (C=O) groups excluding carboxylic acids is 2. The normalized spacial score (nSPS) is 13.9. The van der Waals surface area contributed by atoms with Gasteiger partial charge >= 0.3 is 0 Å². The highest BCUT2D eigenvalue weighted by atomic mass is 79.9. The molecule has 3 rings (SSSR count). The van der Waals surface area contributed by atoms with Crippen LogP contribution in [0.25, 0.3) is 0 Å². The van der Waals surface area contributed by atoms with Gasteiger partial charge in [0.2, 0.25) is 5.91 Å². The summed E-state index contributed by atoms with van der Waals surface area (Å²) in [5.41, 5.74) is 2.77. The molecule has 0 unspecified atom stereocenters. The molecule has 28 heavy (non-hydrogen) atoms. The third kappa shape index (κ3) is 5.93. The van der Waals surface area contributed by atoms with Crippen LogP contribution in [0.15, 0.2) is 46.9 Å². The molecule has 0 saturated carbocycles. The van der Waals surface area contributed by atoms with Gasteiger partial charge in [-0.2, -0.15) is 0 Å². The van der Waals surface area contributed by atoms with Gasteiger partial charge in [-0.1, -0.05) is 34.1 Å². The summed E-state index contributed by atoms with van der Waals surface area (Å²) in [5, 5.41) is 5.39.